The van der Waals surface area contributed by atoms with Crippen LogP contribution < -0.4 is 20.1 Å². The van der Waals surface area contributed by atoms with Crippen molar-refractivity contribution in [2.45, 2.75) is 89.6 Å². The number of fused-ring (bicyclic) bond motifs is 3. The third kappa shape index (κ3) is 8.86. The topological polar surface area (TPSA) is 181 Å². The molecule has 18 heteroatoms. The van der Waals surface area contributed by atoms with Gasteiger partial charge in [0.05, 0.1) is 30.7 Å². The third-order valence-electron chi connectivity index (χ3n) is 11.1. The predicted octanol–water partition coefficient (Wildman–Crippen LogP) is 6.69. The lowest BCUT2D eigenvalue weighted by Gasteiger charge is -2.19. The quantitative estimate of drug-likeness (QED) is 0.126. The van der Waals surface area contributed by atoms with Crippen molar-refractivity contribution >= 4 is 34.7 Å². The number of aromatic nitrogens is 8. The van der Waals surface area contributed by atoms with Crippen LogP contribution in [0.3, 0.4) is 0 Å². The Morgan fingerprint density at radius 2 is 1.49 bits per heavy atom. The maximum Gasteiger partial charge on any atom is 0.280 e. The average Bonchev–Trinajstić information content (AvgIpc) is 4.02. The van der Waals surface area contributed by atoms with Crippen LogP contribution in [0.15, 0.2) is 49.1 Å². The van der Waals surface area contributed by atoms with Crippen LogP contribution in [0.5, 0.6) is 11.8 Å². The molecule has 16 nitrogen and oxygen atoms in total. The van der Waals surface area contributed by atoms with Crippen LogP contribution in [0.2, 0.25) is 0 Å². The van der Waals surface area contributed by atoms with Gasteiger partial charge in [-0.3, -0.25) is 18.4 Å². The second kappa shape index (κ2) is 17.5. The minimum absolute atomic E-state index is 0.0641. The van der Waals surface area contributed by atoms with Gasteiger partial charge in [-0.15, -0.1) is 0 Å². The molecule has 2 aliphatic heterocycles. The fraction of sp³-hybridized carbons (Fsp3) is 0.442. The molecule has 2 N–H and O–H groups in total. The lowest BCUT2D eigenvalue weighted by atomic mass is 9.97. The molecule has 8 heterocycles. The molecule has 6 aromatic rings. The maximum atomic E-state index is 14.1. The van der Waals surface area contributed by atoms with E-state index in [1.54, 1.807) is 27.3 Å². The van der Waals surface area contributed by atoms with Crippen LogP contribution in [0.1, 0.15) is 119 Å². The van der Waals surface area contributed by atoms with Crippen molar-refractivity contribution in [1.29, 1.82) is 0 Å². The summed E-state index contributed by atoms with van der Waals surface area (Å²) in [4.78, 5) is 55.2. The van der Waals surface area contributed by atoms with Crippen molar-refractivity contribution < 1.29 is 37.3 Å². The van der Waals surface area contributed by atoms with E-state index in [1.807, 2.05) is 32.3 Å². The first kappa shape index (κ1) is 40.3. The molecule has 61 heavy (non-hydrogen) atoms. The zero-order chi connectivity index (χ0) is 42.0. The molecule has 0 radical (unpaired) electrons. The van der Waals surface area contributed by atoms with Crippen LogP contribution in [0.4, 0.5) is 20.2 Å². The number of hydrogen-bond acceptors (Lipinski definition) is 12. The van der Waals surface area contributed by atoms with E-state index in [2.05, 4.69) is 25.6 Å². The predicted molar refractivity (Wildman–Crippen MR) is 218 cm³/mol. The first-order chi connectivity index (χ1) is 29.6. The first-order valence-electron chi connectivity index (χ1n) is 20.8. The molecular weight excluding hydrogens is 791 g/mol. The molecule has 6 aromatic heterocycles. The highest BCUT2D eigenvalue weighted by molar-refractivity contribution is 6.05. The van der Waals surface area contributed by atoms with Crippen molar-refractivity contribution in [2.75, 3.05) is 43.7 Å². The average molecular weight is 837 g/mol. The Morgan fingerprint density at radius 3 is 2.21 bits per heavy atom. The Hall–Kier alpha value is -6.14. The van der Waals surface area contributed by atoms with Crippen molar-refractivity contribution in [3.8, 4) is 11.8 Å². The Balaban J connectivity index is 0.981. The Bertz CT molecular complexity index is 2580. The summed E-state index contributed by atoms with van der Waals surface area (Å²) >= 11 is 0. The number of nitrogens with zero attached hydrogens (tertiary/aromatic N) is 8. The van der Waals surface area contributed by atoms with E-state index >= 15 is 0 Å². The minimum atomic E-state index is -2.93. The van der Waals surface area contributed by atoms with E-state index in [9.17, 15) is 18.4 Å². The monoisotopic (exact) mass is 836 g/mol. The number of rotatable bonds is 13. The molecule has 2 fully saturated rings. The zero-order valence-corrected chi connectivity index (χ0v) is 33.9. The third-order valence-corrected chi connectivity index (χ3v) is 11.1. The number of alkyl halides is 2. The normalized spacial score (nSPS) is 17.0. The molecule has 2 amide bonds. The van der Waals surface area contributed by atoms with Crippen LogP contribution in [-0.2, 0) is 28.7 Å². The van der Waals surface area contributed by atoms with Gasteiger partial charge in [0.25, 0.3) is 18.2 Å². The number of ether oxygens (including phenoxy) is 4. The Labute approximate surface area is 349 Å². The molecule has 3 aliphatic rings. The number of imidazole rings is 2. The van der Waals surface area contributed by atoms with Crippen molar-refractivity contribution in [3.63, 3.8) is 0 Å². The molecule has 0 saturated carbocycles. The summed E-state index contributed by atoms with van der Waals surface area (Å²) in [5.41, 5.74) is 4.03. The van der Waals surface area contributed by atoms with Gasteiger partial charge in [0.2, 0.25) is 23.3 Å². The van der Waals surface area contributed by atoms with Crippen LogP contribution in [-0.4, -0.2) is 89.7 Å². The summed E-state index contributed by atoms with van der Waals surface area (Å²) in [5.74, 6) is 0.0775. The number of halogens is 2. The molecule has 0 bridgehead atoms. The van der Waals surface area contributed by atoms with Gasteiger partial charge in [-0.1, -0.05) is 12.1 Å². The zero-order valence-electron chi connectivity index (χ0n) is 33.9. The van der Waals surface area contributed by atoms with Gasteiger partial charge in [-0.05, 0) is 82.1 Å². The van der Waals surface area contributed by atoms with Gasteiger partial charge in [0, 0.05) is 68.6 Å². The summed E-state index contributed by atoms with van der Waals surface area (Å²) in [6.07, 6.45) is 10.2. The smallest absolute Gasteiger partial charge is 0.280 e. The van der Waals surface area contributed by atoms with E-state index in [4.69, 9.17) is 33.9 Å². The molecule has 1 aliphatic carbocycles. The summed E-state index contributed by atoms with van der Waals surface area (Å²) < 4.78 is 54.9. The van der Waals surface area contributed by atoms with E-state index in [0.29, 0.717) is 43.5 Å². The lowest BCUT2D eigenvalue weighted by Crippen LogP contribution is -2.20. The second-order valence-corrected chi connectivity index (χ2v) is 15.8. The van der Waals surface area contributed by atoms with Crippen molar-refractivity contribution in [2.24, 2.45) is 0 Å². The van der Waals surface area contributed by atoms with E-state index in [0.717, 1.165) is 67.6 Å². The maximum absolute atomic E-state index is 14.1. The van der Waals surface area contributed by atoms with E-state index in [1.165, 1.54) is 12.1 Å². The number of amides is 2. The highest BCUT2D eigenvalue weighted by atomic mass is 19.3. The summed E-state index contributed by atoms with van der Waals surface area (Å²) in [6.45, 7) is 6.13. The van der Waals surface area contributed by atoms with Gasteiger partial charge in [0.1, 0.15) is 28.5 Å². The molecule has 318 valence electrons. The number of aryl methyl sites for hydroxylation is 2. The van der Waals surface area contributed by atoms with Crippen LogP contribution >= 0.6 is 0 Å². The van der Waals surface area contributed by atoms with Gasteiger partial charge in [-0.25, -0.2) is 28.7 Å². The molecule has 0 spiro atoms. The minimum Gasteiger partial charge on any atom is -0.476 e. The number of hydrogen-bond donors (Lipinski definition) is 2. The van der Waals surface area contributed by atoms with E-state index < -0.39 is 23.9 Å². The number of carbonyl (C=O) groups excluding carboxylic acids is 2. The van der Waals surface area contributed by atoms with Crippen molar-refractivity contribution in [1.82, 2.24) is 38.7 Å². The molecule has 1 unspecified atom stereocenters. The van der Waals surface area contributed by atoms with Gasteiger partial charge in [-0.2, -0.15) is 9.97 Å². The van der Waals surface area contributed by atoms with Crippen LogP contribution in [0.25, 0.3) is 11.6 Å². The highest BCUT2D eigenvalue weighted by Gasteiger charge is 2.26. The summed E-state index contributed by atoms with van der Waals surface area (Å²) in [5, 5.41) is 5.73. The molecule has 0 aromatic carbocycles. The standard InChI is InChI=1S/C43H46F2N10O6/c1-24(2)61-41-35(22-55-20-33(51-43(55)53-41)28-6-4-15-59-23-28)49-39(57)36-27(9-10-30(47-36)37(44)45)14-18-60-40-34(48-38(56)31-11-8-25-5-3-7-29(25)46-31)21-54-19-32(50-42(54)52-40)26-12-16-58-17-13-26/h8-11,19-22,24,26,28,37H,3-7,12-18,23H2,1-2H3,(H,48,56)(H,49,57). The first-order valence-corrected chi connectivity index (χ1v) is 20.8. The fourth-order valence-electron chi connectivity index (χ4n) is 8.00. The number of anilines is 2. The van der Waals surface area contributed by atoms with E-state index in [-0.39, 0.29) is 65.5 Å². The largest absolute Gasteiger partial charge is 0.476 e. The highest BCUT2D eigenvalue weighted by Crippen LogP contribution is 2.32. The summed E-state index contributed by atoms with van der Waals surface area (Å²) in [7, 11) is 0. The second-order valence-electron chi connectivity index (χ2n) is 15.8. The van der Waals surface area contributed by atoms with Crippen LogP contribution in [0, 0.1) is 0 Å². The number of carbonyl (C=O) groups is 2. The number of pyridine rings is 2. The SMILES string of the molecule is CC(C)Oc1nc2nc(C3CCCOC3)cn2cc1NC(=O)c1nc(C(F)F)ccc1CCOc1nc2nc(C3CCOCC3)cn2cc1NC(=O)c1ccc2c(n1)CCC2. The number of nitrogens with one attached hydrogen (secondary N) is 2. The van der Waals surface area contributed by atoms with Crippen molar-refractivity contribution in [3.05, 3.63) is 94.3 Å². The molecule has 1 atom stereocenters. The van der Waals surface area contributed by atoms with Gasteiger partial charge >= 0.3 is 0 Å². The van der Waals surface area contributed by atoms with Gasteiger partial charge in [0.15, 0.2) is 0 Å². The molecule has 2 saturated heterocycles. The lowest BCUT2D eigenvalue weighted by molar-refractivity contribution is 0.0794. The molecular formula is C43H46F2N10O6. The van der Waals surface area contributed by atoms with Gasteiger partial charge < -0.3 is 29.6 Å². The fourth-order valence-corrected chi connectivity index (χ4v) is 8.00. The summed E-state index contributed by atoms with van der Waals surface area (Å²) in [6, 6.07) is 6.26. The Morgan fingerprint density at radius 1 is 0.770 bits per heavy atom. The molecule has 9 rings (SSSR count). The Kier molecular flexibility index (Phi) is 11.5.